The molecule has 0 amide bonds. The van der Waals surface area contributed by atoms with Crippen molar-refractivity contribution in [3.05, 3.63) is 59.2 Å². The second-order valence-electron chi connectivity index (χ2n) is 8.07. The third-order valence-corrected chi connectivity index (χ3v) is 5.09. The molecule has 0 fully saturated rings. The van der Waals surface area contributed by atoms with E-state index in [-0.39, 0.29) is 5.97 Å². The summed E-state index contributed by atoms with van der Waals surface area (Å²) < 4.78 is 5.89. The van der Waals surface area contributed by atoms with Gasteiger partial charge in [-0.15, -0.1) is 0 Å². The molecular weight excluding hydrogens is 386 g/mol. The number of esters is 1. The first-order valence-corrected chi connectivity index (χ1v) is 9.78. The fourth-order valence-corrected chi connectivity index (χ4v) is 3.39. The van der Waals surface area contributed by atoms with Crippen molar-refractivity contribution in [3.8, 4) is 17.0 Å². The van der Waals surface area contributed by atoms with Crippen molar-refractivity contribution in [2.24, 2.45) is 11.1 Å². The van der Waals surface area contributed by atoms with Crippen LogP contribution in [0, 0.1) is 5.41 Å². The number of hydrogen-bond donors (Lipinski definition) is 2. The first-order chi connectivity index (χ1) is 13.8. The maximum Gasteiger partial charge on any atom is 0.316 e. The van der Waals surface area contributed by atoms with E-state index in [1.165, 1.54) is 0 Å². The Morgan fingerprint density at radius 2 is 1.93 bits per heavy atom. The van der Waals surface area contributed by atoms with Crippen LogP contribution in [-0.2, 0) is 11.3 Å². The molecule has 2 aromatic carbocycles. The van der Waals surface area contributed by atoms with Gasteiger partial charge in [0.15, 0.2) is 5.75 Å². The molecule has 0 saturated carbocycles. The highest BCUT2D eigenvalue weighted by Crippen LogP contribution is 2.41. The Bertz CT molecular complexity index is 1240. The Hall–Kier alpha value is -2.89. The number of H-pyrrole nitrogens is 1. The number of halogens is 1. The first-order valence-electron chi connectivity index (χ1n) is 9.40. The molecule has 0 bridgehead atoms. The lowest BCUT2D eigenvalue weighted by molar-refractivity contribution is -0.142. The number of rotatable bonds is 3. The number of fused-ring (bicyclic) bond motifs is 2. The van der Waals surface area contributed by atoms with E-state index < -0.39 is 5.41 Å². The van der Waals surface area contributed by atoms with Crippen LogP contribution in [0.5, 0.6) is 5.75 Å². The maximum absolute atomic E-state index is 12.7. The smallest absolute Gasteiger partial charge is 0.316 e. The monoisotopic (exact) mass is 407 g/mol. The summed E-state index contributed by atoms with van der Waals surface area (Å²) in [4.78, 5) is 20.6. The number of pyridine rings is 1. The predicted molar refractivity (Wildman–Crippen MR) is 117 cm³/mol. The fraction of sp³-hybridized carbons (Fsp3) is 0.217. The lowest BCUT2D eigenvalue weighted by Gasteiger charge is -2.17. The van der Waals surface area contributed by atoms with Crippen LogP contribution in [-0.4, -0.2) is 15.9 Å². The van der Waals surface area contributed by atoms with Gasteiger partial charge in [-0.2, -0.15) is 0 Å². The Morgan fingerprint density at radius 1 is 1.17 bits per heavy atom. The number of nitrogens with two attached hydrogens (primary N) is 1. The molecule has 2 aromatic heterocycles. The SMILES string of the molecule is CC(C)(C)C(=O)Oc1c(-c2cc3ccccc3nc2Cl)[nH]c2ccc(CN)cc12. The van der Waals surface area contributed by atoms with Crippen LogP contribution in [0.2, 0.25) is 5.15 Å². The molecule has 3 N–H and O–H groups in total. The summed E-state index contributed by atoms with van der Waals surface area (Å²) in [6.45, 7) is 5.85. The number of aromatic amines is 1. The summed E-state index contributed by atoms with van der Waals surface area (Å²) in [6.07, 6.45) is 0. The molecule has 2 heterocycles. The molecule has 29 heavy (non-hydrogen) atoms. The van der Waals surface area contributed by atoms with Gasteiger partial charge in [0.05, 0.1) is 16.6 Å². The number of para-hydroxylation sites is 1. The highest BCUT2D eigenvalue weighted by molar-refractivity contribution is 6.32. The highest BCUT2D eigenvalue weighted by Gasteiger charge is 2.27. The van der Waals surface area contributed by atoms with Crippen LogP contribution in [0.3, 0.4) is 0 Å². The number of nitrogens with zero attached hydrogens (tertiary/aromatic N) is 1. The summed E-state index contributed by atoms with van der Waals surface area (Å²) in [6, 6.07) is 15.5. The number of carbonyl (C=O) groups excluding carboxylic acids is 1. The minimum absolute atomic E-state index is 0.331. The van der Waals surface area contributed by atoms with Crippen LogP contribution < -0.4 is 10.5 Å². The lowest BCUT2D eigenvalue weighted by Crippen LogP contribution is -2.25. The second kappa shape index (κ2) is 7.17. The Balaban J connectivity index is 1.97. The van der Waals surface area contributed by atoms with E-state index in [2.05, 4.69) is 9.97 Å². The van der Waals surface area contributed by atoms with E-state index in [0.717, 1.165) is 27.4 Å². The molecule has 0 saturated heterocycles. The molecule has 0 aliphatic rings. The van der Waals surface area contributed by atoms with Crippen molar-refractivity contribution in [2.75, 3.05) is 0 Å². The molecule has 0 aliphatic heterocycles. The van der Waals surface area contributed by atoms with Crippen LogP contribution in [0.1, 0.15) is 26.3 Å². The quantitative estimate of drug-likeness (QED) is 0.349. The van der Waals surface area contributed by atoms with Gasteiger partial charge in [-0.3, -0.25) is 4.79 Å². The molecule has 6 heteroatoms. The minimum Gasteiger partial charge on any atom is -0.423 e. The molecule has 0 radical (unpaired) electrons. The van der Waals surface area contributed by atoms with Crippen molar-refractivity contribution >= 4 is 39.4 Å². The van der Waals surface area contributed by atoms with Crippen molar-refractivity contribution in [3.63, 3.8) is 0 Å². The number of hydrogen-bond acceptors (Lipinski definition) is 4. The van der Waals surface area contributed by atoms with Crippen molar-refractivity contribution < 1.29 is 9.53 Å². The summed E-state index contributed by atoms with van der Waals surface area (Å²) in [5, 5.41) is 2.06. The standard InChI is InChI=1S/C23H22ClN3O2/c1-23(2,3)22(28)29-20-15-10-13(12-25)8-9-18(15)26-19(20)16-11-14-6-4-5-7-17(14)27-21(16)24/h4-11,26H,12,25H2,1-3H3. The number of nitrogens with one attached hydrogen (secondary N) is 1. The summed E-state index contributed by atoms with van der Waals surface area (Å²) >= 11 is 6.53. The number of aromatic nitrogens is 2. The van der Waals surface area contributed by atoms with Crippen molar-refractivity contribution in [1.82, 2.24) is 9.97 Å². The van der Waals surface area contributed by atoms with Crippen LogP contribution in [0.25, 0.3) is 33.1 Å². The third-order valence-electron chi connectivity index (χ3n) is 4.80. The first kappa shape index (κ1) is 19.4. The molecule has 0 spiro atoms. The number of benzene rings is 2. The largest absolute Gasteiger partial charge is 0.423 e. The summed E-state index contributed by atoms with van der Waals surface area (Å²) in [5.41, 5.74) is 9.03. The zero-order chi connectivity index (χ0) is 20.8. The Kier molecular flexibility index (Phi) is 4.81. The van der Waals surface area contributed by atoms with Crippen molar-refractivity contribution in [1.29, 1.82) is 0 Å². The van der Waals surface area contributed by atoms with Gasteiger partial charge in [-0.1, -0.05) is 35.9 Å². The minimum atomic E-state index is -0.655. The average molecular weight is 408 g/mol. The van der Waals surface area contributed by atoms with Gasteiger partial charge in [0.2, 0.25) is 0 Å². The maximum atomic E-state index is 12.7. The number of carbonyl (C=O) groups is 1. The molecule has 0 atom stereocenters. The van der Waals surface area contributed by atoms with E-state index in [0.29, 0.717) is 28.7 Å². The van der Waals surface area contributed by atoms with Crippen LogP contribution in [0.4, 0.5) is 0 Å². The molecule has 4 rings (SSSR count). The zero-order valence-corrected chi connectivity index (χ0v) is 17.3. The van der Waals surface area contributed by atoms with Gasteiger partial charge in [0.1, 0.15) is 5.15 Å². The van der Waals surface area contributed by atoms with E-state index >= 15 is 0 Å². The van der Waals surface area contributed by atoms with Gasteiger partial charge in [-0.25, -0.2) is 4.98 Å². The Morgan fingerprint density at radius 3 is 2.66 bits per heavy atom. The summed E-state index contributed by atoms with van der Waals surface area (Å²) in [5.74, 6) is 0.108. The Labute approximate surface area is 173 Å². The molecule has 4 aromatic rings. The van der Waals surface area contributed by atoms with E-state index in [1.54, 1.807) is 0 Å². The van der Waals surface area contributed by atoms with Gasteiger partial charge < -0.3 is 15.5 Å². The van der Waals surface area contributed by atoms with Crippen LogP contribution in [0.15, 0.2) is 48.5 Å². The topological polar surface area (TPSA) is 81.0 Å². The molecule has 0 aliphatic carbocycles. The third kappa shape index (κ3) is 3.59. The molecule has 0 unspecified atom stereocenters. The normalized spacial score (nSPS) is 11.9. The molecule has 5 nitrogen and oxygen atoms in total. The zero-order valence-electron chi connectivity index (χ0n) is 16.5. The van der Waals surface area contributed by atoms with Gasteiger partial charge in [0.25, 0.3) is 0 Å². The second-order valence-corrected chi connectivity index (χ2v) is 8.43. The van der Waals surface area contributed by atoms with Crippen LogP contribution >= 0.6 is 11.6 Å². The number of ether oxygens (including phenoxy) is 1. The lowest BCUT2D eigenvalue weighted by atomic mass is 9.97. The van der Waals surface area contributed by atoms with E-state index in [4.69, 9.17) is 22.1 Å². The molecule has 148 valence electrons. The summed E-state index contributed by atoms with van der Waals surface area (Å²) in [7, 11) is 0. The van der Waals surface area contributed by atoms with Gasteiger partial charge >= 0.3 is 5.97 Å². The fourth-order valence-electron chi connectivity index (χ4n) is 3.15. The van der Waals surface area contributed by atoms with Gasteiger partial charge in [0, 0.05) is 28.4 Å². The predicted octanol–water partition coefficient (Wildman–Crippen LogP) is 5.45. The van der Waals surface area contributed by atoms with E-state index in [9.17, 15) is 4.79 Å². The van der Waals surface area contributed by atoms with E-state index in [1.807, 2.05) is 69.3 Å². The highest BCUT2D eigenvalue weighted by atomic mass is 35.5. The average Bonchev–Trinajstić information content (AvgIpc) is 3.04. The van der Waals surface area contributed by atoms with Crippen molar-refractivity contribution in [2.45, 2.75) is 27.3 Å². The molecular formula is C23H22ClN3O2. The van der Waals surface area contributed by atoms with Gasteiger partial charge in [-0.05, 0) is 50.6 Å².